The maximum absolute atomic E-state index is 12.8. The van der Waals surface area contributed by atoms with E-state index < -0.39 is 5.60 Å². The summed E-state index contributed by atoms with van der Waals surface area (Å²) < 4.78 is 16.8. The molecule has 2 aliphatic rings. The Morgan fingerprint density at radius 2 is 1.57 bits per heavy atom. The number of carbonyl (C=O) groups is 3. The van der Waals surface area contributed by atoms with Gasteiger partial charge in [-0.2, -0.15) is 0 Å². The van der Waals surface area contributed by atoms with Gasteiger partial charge in [0, 0.05) is 49.5 Å². The van der Waals surface area contributed by atoms with E-state index in [1.54, 1.807) is 29.3 Å². The van der Waals surface area contributed by atoms with Crippen molar-refractivity contribution in [2.24, 2.45) is 0 Å². The number of nitrogens with zero attached hydrogens (tertiary/aromatic N) is 3. The van der Waals surface area contributed by atoms with Gasteiger partial charge < -0.3 is 29.5 Å². The van der Waals surface area contributed by atoms with E-state index in [4.69, 9.17) is 14.0 Å². The second kappa shape index (κ2) is 13.0. The molecule has 0 bridgehead atoms. The molecule has 1 aliphatic carbocycles. The number of piperidine rings is 1. The molecule has 42 heavy (non-hydrogen) atoms. The van der Waals surface area contributed by atoms with Gasteiger partial charge in [0.15, 0.2) is 5.82 Å². The summed E-state index contributed by atoms with van der Waals surface area (Å²) in [6.45, 7) is 12.7. The third-order valence-corrected chi connectivity index (χ3v) is 7.25. The van der Waals surface area contributed by atoms with Gasteiger partial charge in [0.1, 0.15) is 28.9 Å². The Labute approximate surface area is 247 Å². The number of carbonyl (C=O) groups excluding carboxylic acids is 3. The molecule has 0 aromatic carbocycles. The van der Waals surface area contributed by atoms with Crippen LogP contribution < -0.4 is 20.7 Å². The lowest BCUT2D eigenvalue weighted by Gasteiger charge is -2.33. The van der Waals surface area contributed by atoms with Crippen molar-refractivity contribution in [1.82, 2.24) is 25.7 Å². The Bertz CT molecular complexity index is 1220. The molecule has 0 radical (unpaired) electrons. The Kier molecular flexibility index (Phi) is 9.63. The Hall–Kier alpha value is -3.83. The Morgan fingerprint density at radius 1 is 0.929 bits per heavy atom. The van der Waals surface area contributed by atoms with Crippen LogP contribution in [-0.4, -0.2) is 70.0 Å². The lowest BCUT2D eigenvalue weighted by Crippen LogP contribution is -2.45. The lowest BCUT2D eigenvalue weighted by molar-refractivity contribution is 0.0126. The Balaban J connectivity index is 1.15. The van der Waals surface area contributed by atoms with Gasteiger partial charge in [-0.15, -0.1) is 0 Å². The molecule has 1 aliphatic heterocycles. The number of rotatable bonds is 6. The first-order valence-corrected chi connectivity index (χ1v) is 14.7. The maximum Gasteiger partial charge on any atom is 0.410 e. The van der Waals surface area contributed by atoms with Crippen LogP contribution in [0.3, 0.4) is 0 Å². The molecular weight excluding hydrogens is 540 g/mol. The summed E-state index contributed by atoms with van der Waals surface area (Å²) in [5.74, 6) is 1.43. The fraction of sp³-hybridized carbons (Fsp3) is 0.633. The zero-order chi connectivity index (χ0) is 30.5. The van der Waals surface area contributed by atoms with Gasteiger partial charge in [0.05, 0.1) is 6.20 Å². The standard InChI is InChI=1S/C30H44N6O6/c1-29(2,3)24-17-25(35-42-24)34-27(38)33-20-9-7-19(8-10-20)32-26(37)23-12-11-22(18-31-23)40-21-13-15-36(16-14-21)28(39)41-30(4,5)6/h11-12,17-21H,7-10,13-16H2,1-6H3,(H,32,37)(H2,33,34,35,38)/t19-,20-. The highest BCUT2D eigenvalue weighted by Crippen LogP contribution is 2.25. The zero-order valence-corrected chi connectivity index (χ0v) is 25.5. The van der Waals surface area contributed by atoms with Crippen LogP contribution in [0.4, 0.5) is 15.4 Å². The van der Waals surface area contributed by atoms with Crippen LogP contribution in [-0.2, 0) is 10.2 Å². The number of nitrogens with one attached hydrogen (secondary N) is 3. The molecule has 1 saturated carbocycles. The highest BCUT2D eigenvalue weighted by Gasteiger charge is 2.28. The minimum Gasteiger partial charge on any atom is -0.489 e. The maximum atomic E-state index is 12.8. The summed E-state index contributed by atoms with van der Waals surface area (Å²) in [7, 11) is 0. The quantitative estimate of drug-likeness (QED) is 0.429. The molecule has 230 valence electrons. The van der Waals surface area contributed by atoms with Crippen molar-refractivity contribution in [3.8, 4) is 5.75 Å². The van der Waals surface area contributed by atoms with E-state index in [9.17, 15) is 14.4 Å². The fourth-order valence-electron chi connectivity index (χ4n) is 4.93. The van der Waals surface area contributed by atoms with Crippen LogP contribution in [0.15, 0.2) is 28.9 Å². The molecule has 12 heteroatoms. The van der Waals surface area contributed by atoms with Crippen molar-refractivity contribution >= 4 is 23.8 Å². The predicted octanol–water partition coefficient (Wildman–Crippen LogP) is 5.01. The SMILES string of the molecule is CC(C)(C)OC(=O)N1CCC(Oc2ccc(C(=O)N[C@H]3CC[C@H](NC(=O)Nc4cc(C(C)(C)C)on4)CC3)nc2)CC1. The van der Waals surface area contributed by atoms with Crippen LogP contribution >= 0.6 is 0 Å². The van der Waals surface area contributed by atoms with Crippen molar-refractivity contribution < 1.29 is 28.4 Å². The van der Waals surface area contributed by atoms with Crippen molar-refractivity contribution in [3.63, 3.8) is 0 Å². The summed E-state index contributed by atoms with van der Waals surface area (Å²) >= 11 is 0. The average Bonchev–Trinajstić information content (AvgIpc) is 3.39. The predicted molar refractivity (Wildman–Crippen MR) is 157 cm³/mol. The number of hydrogen-bond donors (Lipinski definition) is 3. The number of anilines is 1. The first-order valence-electron chi connectivity index (χ1n) is 14.7. The molecule has 4 amide bonds. The molecule has 2 fully saturated rings. The number of amides is 4. The van der Waals surface area contributed by atoms with E-state index >= 15 is 0 Å². The normalized spacial score (nSPS) is 20.0. The zero-order valence-electron chi connectivity index (χ0n) is 25.5. The van der Waals surface area contributed by atoms with E-state index in [-0.39, 0.29) is 41.6 Å². The van der Waals surface area contributed by atoms with Gasteiger partial charge in [-0.25, -0.2) is 14.6 Å². The smallest absolute Gasteiger partial charge is 0.410 e. The third-order valence-electron chi connectivity index (χ3n) is 7.25. The molecule has 3 N–H and O–H groups in total. The molecular formula is C30H44N6O6. The van der Waals surface area contributed by atoms with Crippen molar-refractivity contribution in [1.29, 1.82) is 0 Å². The van der Waals surface area contributed by atoms with E-state index in [2.05, 4.69) is 26.1 Å². The fourth-order valence-corrected chi connectivity index (χ4v) is 4.93. The van der Waals surface area contributed by atoms with Gasteiger partial charge >= 0.3 is 12.1 Å². The highest BCUT2D eigenvalue weighted by atomic mass is 16.6. The van der Waals surface area contributed by atoms with Gasteiger partial charge in [0.2, 0.25) is 0 Å². The molecule has 1 saturated heterocycles. The number of aromatic nitrogens is 2. The summed E-state index contributed by atoms with van der Waals surface area (Å²) in [5, 5.41) is 12.7. The van der Waals surface area contributed by atoms with Gasteiger partial charge in [-0.3, -0.25) is 10.1 Å². The van der Waals surface area contributed by atoms with Crippen molar-refractivity contribution in [2.45, 2.75) is 109 Å². The van der Waals surface area contributed by atoms with Crippen molar-refractivity contribution in [2.75, 3.05) is 18.4 Å². The molecule has 2 aromatic rings. The van der Waals surface area contributed by atoms with Gasteiger partial charge in [-0.1, -0.05) is 25.9 Å². The largest absolute Gasteiger partial charge is 0.489 e. The molecule has 4 rings (SSSR count). The van der Waals surface area contributed by atoms with Crippen molar-refractivity contribution in [3.05, 3.63) is 35.9 Å². The van der Waals surface area contributed by atoms with Gasteiger partial charge in [-0.05, 0) is 58.6 Å². The van der Waals surface area contributed by atoms with Crippen LogP contribution in [0.2, 0.25) is 0 Å². The number of urea groups is 1. The molecule has 0 atom stereocenters. The average molecular weight is 585 g/mol. The van der Waals surface area contributed by atoms with E-state index in [0.717, 1.165) is 25.7 Å². The second-order valence-corrected chi connectivity index (χ2v) is 13.1. The molecule has 0 unspecified atom stereocenters. The highest BCUT2D eigenvalue weighted by molar-refractivity contribution is 5.92. The number of hydrogen-bond acceptors (Lipinski definition) is 8. The van der Waals surface area contributed by atoms with Gasteiger partial charge in [0.25, 0.3) is 5.91 Å². The summed E-state index contributed by atoms with van der Waals surface area (Å²) in [6, 6.07) is 4.84. The first kappa shape index (κ1) is 31.1. The molecule has 2 aromatic heterocycles. The van der Waals surface area contributed by atoms with Crippen LogP contribution in [0.5, 0.6) is 5.75 Å². The minimum atomic E-state index is -0.518. The minimum absolute atomic E-state index is 0.0105. The van der Waals surface area contributed by atoms with Crippen LogP contribution in [0, 0.1) is 0 Å². The number of pyridine rings is 1. The number of ether oxygens (including phenoxy) is 2. The van der Waals surface area contributed by atoms with Crippen LogP contribution in [0.1, 0.15) is 96.3 Å². The topological polar surface area (TPSA) is 148 Å². The number of likely N-dealkylation sites (tertiary alicyclic amines) is 1. The summed E-state index contributed by atoms with van der Waals surface area (Å²) in [5.41, 5.74) is -0.388. The summed E-state index contributed by atoms with van der Waals surface area (Å²) in [4.78, 5) is 43.5. The lowest BCUT2D eigenvalue weighted by atomic mass is 9.91. The summed E-state index contributed by atoms with van der Waals surface area (Å²) in [6.07, 6.45) is 5.61. The first-order chi connectivity index (χ1) is 19.7. The molecule has 12 nitrogen and oxygen atoms in total. The van der Waals surface area contributed by atoms with E-state index in [1.807, 2.05) is 41.5 Å². The Morgan fingerprint density at radius 3 is 2.12 bits per heavy atom. The van der Waals surface area contributed by atoms with E-state index in [0.29, 0.717) is 49.0 Å². The van der Waals surface area contributed by atoms with E-state index in [1.165, 1.54) is 0 Å². The van der Waals surface area contributed by atoms with Crippen LogP contribution in [0.25, 0.3) is 0 Å². The monoisotopic (exact) mass is 584 g/mol. The third kappa shape index (κ3) is 9.09. The molecule has 3 heterocycles. The molecule has 0 spiro atoms. The second-order valence-electron chi connectivity index (χ2n) is 13.1.